The maximum Gasteiger partial charge on any atom is 0.326 e. The number of likely N-dealkylation sites (tertiary alicyclic amines) is 1. The number of rotatable bonds is 2. The first-order valence-electron chi connectivity index (χ1n) is 7.70. The van der Waals surface area contributed by atoms with E-state index in [-0.39, 0.29) is 17.3 Å². The fourth-order valence-electron chi connectivity index (χ4n) is 3.44. The molecule has 22 heavy (non-hydrogen) atoms. The van der Waals surface area contributed by atoms with E-state index >= 15 is 0 Å². The van der Waals surface area contributed by atoms with Gasteiger partial charge in [0.25, 0.3) is 5.91 Å². The number of piperidine rings is 1. The molecule has 0 radical (unpaired) electrons. The zero-order valence-electron chi connectivity index (χ0n) is 12.6. The summed E-state index contributed by atoms with van der Waals surface area (Å²) in [6.07, 6.45) is 3.82. The molecule has 0 saturated carbocycles. The summed E-state index contributed by atoms with van der Waals surface area (Å²) in [5, 5.41) is 9.33. The van der Waals surface area contributed by atoms with E-state index in [4.69, 9.17) is 4.42 Å². The first-order chi connectivity index (χ1) is 10.5. The van der Waals surface area contributed by atoms with E-state index in [9.17, 15) is 19.5 Å². The predicted molar refractivity (Wildman–Crippen MR) is 77.0 cm³/mol. The Kier molecular flexibility index (Phi) is 3.76. The van der Waals surface area contributed by atoms with E-state index in [0.29, 0.717) is 42.9 Å². The molecule has 1 saturated heterocycles. The van der Waals surface area contributed by atoms with Crippen molar-refractivity contribution in [2.24, 2.45) is 0 Å². The Morgan fingerprint density at radius 3 is 2.73 bits per heavy atom. The molecule has 2 heterocycles. The van der Waals surface area contributed by atoms with E-state index < -0.39 is 12.0 Å². The smallest absolute Gasteiger partial charge is 0.326 e. The lowest BCUT2D eigenvalue weighted by atomic mass is 9.92. The maximum atomic E-state index is 12.9. The van der Waals surface area contributed by atoms with Gasteiger partial charge in [-0.1, -0.05) is 0 Å². The molecule has 1 aromatic heterocycles. The SMILES string of the molecule is Cc1oc2c(c1C(=O)N1CCCC[C@H]1C(=O)O)C(=O)CCC2. The van der Waals surface area contributed by atoms with Gasteiger partial charge in [0.15, 0.2) is 5.78 Å². The van der Waals surface area contributed by atoms with Gasteiger partial charge in [-0.15, -0.1) is 0 Å². The molecule has 1 atom stereocenters. The third kappa shape index (κ3) is 2.32. The lowest BCUT2D eigenvalue weighted by Gasteiger charge is -2.33. The van der Waals surface area contributed by atoms with Crippen LogP contribution in [0.1, 0.15) is 64.3 Å². The third-order valence-electron chi connectivity index (χ3n) is 4.51. The van der Waals surface area contributed by atoms with Gasteiger partial charge in [-0.25, -0.2) is 4.79 Å². The molecule has 0 aromatic carbocycles. The van der Waals surface area contributed by atoms with Crippen molar-refractivity contribution in [3.8, 4) is 0 Å². The van der Waals surface area contributed by atoms with Crippen molar-refractivity contribution >= 4 is 17.7 Å². The van der Waals surface area contributed by atoms with Crippen molar-refractivity contribution in [3.63, 3.8) is 0 Å². The number of carbonyl (C=O) groups excluding carboxylic acids is 2. The molecule has 3 rings (SSSR count). The zero-order valence-corrected chi connectivity index (χ0v) is 12.6. The van der Waals surface area contributed by atoms with Crippen LogP contribution in [0, 0.1) is 6.92 Å². The van der Waals surface area contributed by atoms with Crippen molar-refractivity contribution in [2.75, 3.05) is 6.54 Å². The van der Waals surface area contributed by atoms with Gasteiger partial charge >= 0.3 is 5.97 Å². The van der Waals surface area contributed by atoms with E-state index in [0.717, 1.165) is 19.3 Å². The van der Waals surface area contributed by atoms with E-state index in [2.05, 4.69) is 0 Å². The first-order valence-corrected chi connectivity index (χ1v) is 7.70. The molecular formula is C16H19NO5. The fourth-order valence-corrected chi connectivity index (χ4v) is 3.44. The van der Waals surface area contributed by atoms with Crippen LogP contribution in [0.3, 0.4) is 0 Å². The quantitative estimate of drug-likeness (QED) is 0.905. The second-order valence-electron chi connectivity index (χ2n) is 5.96. The summed E-state index contributed by atoms with van der Waals surface area (Å²) in [4.78, 5) is 37.8. The molecule has 6 heteroatoms. The molecule has 1 N–H and O–H groups in total. The molecular weight excluding hydrogens is 286 g/mol. The average Bonchev–Trinajstić information content (AvgIpc) is 2.84. The van der Waals surface area contributed by atoms with Crippen LogP contribution < -0.4 is 0 Å². The molecule has 2 aliphatic rings. The first kappa shape index (κ1) is 14.8. The summed E-state index contributed by atoms with van der Waals surface area (Å²) in [7, 11) is 0. The third-order valence-corrected chi connectivity index (χ3v) is 4.51. The number of fused-ring (bicyclic) bond motifs is 1. The summed E-state index contributed by atoms with van der Waals surface area (Å²) in [5.41, 5.74) is 0.649. The molecule has 6 nitrogen and oxygen atoms in total. The van der Waals surface area contributed by atoms with Crippen LogP contribution in [0.2, 0.25) is 0 Å². The highest BCUT2D eigenvalue weighted by Gasteiger charge is 2.37. The van der Waals surface area contributed by atoms with Gasteiger partial charge in [-0.05, 0) is 32.6 Å². The van der Waals surface area contributed by atoms with Crippen LogP contribution in [-0.4, -0.2) is 40.3 Å². The van der Waals surface area contributed by atoms with Gasteiger partial charge in [0, 0.05) is 19.4 Å². The molecule has 1 aliphatic carbocycles. The predicted octanol–water partition coefficient (Wildman–Crippen LogP) is 2.19. The number of carbonyl (C=O) groups is 3. The standard InChI is InChI=1S/C16H19NO5/c1-9-13(14-11(18)6-4-7-12(14)22-9)15(19)17-8-3-2-5-10(17)16(20)21/h10H,2-8H2,1H3,(H,20,21)/t10-/m0/s1. The van der Waals surface area contributed by atoms with Gasteiger partial charge < -0.3 is 14.4 Å². The fraction of sp³-hybridized carbons (Fsp3) is 0.562. The minimum atomic E-state index is -0.991. The number of furan rings is 1. The van der Waals surface area contributed by atoms with Crippen LogP contribution in [0.4, 0.5) is 0 Å². The van der Waals surface area contributed by atoms with Gasteiger partial charge in [0.2, 0.25) is 0 Å². The monoisotopic (exact) mass is 305 g/mol. The number of hydrogen-bond donors (Lipinski definition) is 1. The Labute approximate surface area is 128 Å². The molecule has 1 aliphatic heterocycles. The summed E-state index contributed by atoms with van der Waals surface area (Å²) in [6.45, 7) is 2.07. The lowest BCUT2D eigenvalue weighted by molar-refractivity contribution is -0.143. The Morgan fingerprint density at radius 1 is 1.23 bits per heavy atom. The Hall–Kier alpha value is -2.11. The number of carboxylic acids is 1. The van der Waals surface area contributed by atoms with Crippen LogP contribution >= 0.6 is 0 Å². The van der Waals surface area contributed by atoms with Crippen molar-refractivity contribution < 1.29 is 23.9 Å². The minimum absolute atomic E-state index is 0.0784. The van der Waals surface area contributed by atoms with Crippen LogP contribution in [0.25, 0.3) is 0 Å². The van der Waals surface area contributed by atoms with Crippen molar-refractivity contribution in [2.45, 2.75) is 51.5 Å². The largest absolute Gasteiger partial charge is 0.480 e. The van der Waals surface area contributed by atoms with Crippen molar-refractivity contribution in [1.82, 2.24) is 4.90 Å². The Balaban J connectivity index is 2.00. The van der Waals surface area contributed by atoms with Gasteiger partial charge in [0.05, 0.1) is 11.1 Å². The van der Waals surface area contributed by atoms with Crippen LogP contribution in [0.15, 0.2) is 4.42 Å². The molecule has 1 amide bonds. The number of aliphatic carboxylic acids is 1. The summed E-state index contributed by atoms with van der Waals surface area (Å²) >= 11 is 0. The van der Waals surface area contributed by atoms with E-state index in [1.807, 2.05) is 0 Å². The Bertz CT molecular complexity index is 645. The summed E-state index contributed by atoms with van der Waals surface area (Å²) < 4.78 is 5.60. The number of carboxylic acid groups (broad SMARTS) is 1. The minimum Gasteiger partial charge on any atom is -0.480 e. The van der Waals surface area contributed by atoms with Gasteiger partial charge in [-0.2, -0.15) is 0 Å². The van der Waals surface area contributed by atoms with Crippen molar-refractivity contribution in [1.29, 1.82) is 0 Å². The highest BCUT2D eigenvalue weighted by Crippen LogP contribution is 2.32. The topological polar surface area (TPSA) is 87.8 Å². The molecule has 0 bridgehead atoms. The van der Waals surface area contributed by atoms with Gasteiger partial charge in [-0.3, -0.25) is 9.59 Å². The average molecular weight is 305 g/mol. The number of Topliss-reactive ketones (excluding diaryl/α,β-unsaturated/α-hetero) is 1. The summed E-state index contributed by atoms with van der Waals surface area (Å²) in [5.74, 6) is -0.467. The number of nitrogens with zero attached hydrogens (tertiary/aromatic N) is 1. The Morgan fingerprint density at radius 2 is 2.00 bits per heavy atom. The maximum absolute atomic E-state index is 12.9. The van der Waals surface area contributed by atoms with Crippen molar-refractivity contribution in [3.05, 3.63) is 22.6 Å². The van der Waals surface area contributed by atoms with E-state index in [1.54, 1.807) is 6.92 Å². The highest BCUT2D eigenvalue weighted by molar-refractivity contribution is 6.10. The zero-order chi connectivity index (χ0) is 15.9. The highest BCUT2D eigenvalue weighted by atomic mass is 16.4. The second kappa shape index (κ2) is 5.59. The molecule has 0 spiro atoms. The normalized spacial score (nSPS) is 21.6. The van der Waals surface area contributed by atoms with Crippen LogP contribution in [-0.2, 0) is 11.2 Å². The van der Waals surface area contributed by atoms with E-state index in [1.165, 1.54) is 4.90 Å². The second-order valence-corrected chi connectivity index (χ2v) is 5.96. The molecule has 1 fully saturated rings. The molecule has 118 valence electrons. The number of aryl methyl sites for hydroxylation is 2. The lowest BCUT2D eigenvalue weighted by Crippen LogP contribution is -2.48. The number of hydrogen-bond acceptors (Lipinski definition) is 4. The molecule has 1 aromatic rings. The summed E-state index contributed by atoms with van der Waals surface area (Å²) in [6, 6.07) is -0.815. The molecule has 0 unspecified atom stereocenters. The number of ketones is 1. The van der Waals surface area contributed by atoms with Crippen LogP contribution in [0.5, 0.6) is 0 Å². The number of amides is 1. The van der Waals surface area contributed by atoms with Gasteiger partial charge in [0.1, 0.15) is 17.6 Å².